The number of hydrogen-bond donors (Lipinski definition) is 2. The van der Waals surface area contributed by atoms with Crippen LogP contribution >= 0.6 is 0 Å². The molecule has 3 N–H and O–H groups in total. The lowest BCUT2D eigenvalue weighted by molar-refractivity contribution is -0.126. The van der Waals surface area contributed by atoms with E-state index in [-0.39, 0.29) is 11.9 Å². The number of carbonyl (C=O) groups is 1. The summed E-state index contributed by atoms with van der Waals surface area (Å²) in [5, 5.41) is 0. The fourth-order valence-corrected chi connectivity index (χ4v) is 2.10. The Hall–Kier alpha value is -0.610. The second-order valence-corrected chi connectivity index (χ2v) is 4.20. The van der Waals surface area contributed by atoms with Crippen LogP contribution in [0.5, 0.6) is 0 Å². The third-order valence-electron chi connectivity index (χ3n) is 2.90. The van der Waals surface area contributed by atoms with Crippen LogP contribution in [0.4, 0.5) is 0 Å². The zero-order valence-electron chi connectivity index (χ0n) is 9.12. The Morgan fingerprint density at radius 2 is 2.43 bits per heavy atom. The molecule has 2 atom stereocenters. The van der Waals surface area contributed by atoms with Crippen molar-refractivity contribution in [3.8, 4) is 0 Å². The first-order valence-corrected chi connectivity index (χ1v) is 5.43. The molecule has 14 heavy (non-hydrogen) atoms. The molecule has 0 saturated carbocycles. The van der Waals surface area contributed by atoms with Gasteiger partial charge in [-0.05, 0) is 25.3 Å². The summed E-state index contributed by atoms with van der Waals surface area (Å²) in [7, 11) is 0. The summed E-state index contributed by atoms with van der Waals surface area (Å²) in [4.78, 5) is 13.8. The van der Waals surface area contributed by atoms with Gasteiger partial charge in [-0.1, -0.05) is 20.3 Å². The van der Waals surface area contributed by atoms with Crippen LogP contribution in [-0.2, 0) is 4.79 Å². The molecule has 82 valence electrons. The Morgan fingerprint density at radius 1 is 1.71 bits per heavy atom. The fraction of sp³-hybridized carbons (Fsp3) is 0.900. The third kappa shape index (κ3) is 2.69. The second-order valence-electron chi connectivity index (χ2n) is 4.20. The highest BCUT2D eigenvalue weighted by Gasteiger charge is 2.29. The molecule has 1 heterocycles. The minimum atomic E-state index is -0.0408. The number of rotatable bonds is 4. The van der Waals surface area contributed by atoms with Crippen molar-refractivity contribution in [3.63, 3.8) is 0 Å². The van der Waals surface area contributed by atoms with Crippen molar-refractivity contribution in [2.24, 2.45) is 11.8 Å². The van der Waals surface area contributed by atoms with Gasteiger partial charge in [0, 0.05) is 6.54 Å². The molecule has 1 fully saturated rings. The van der Waals surface area contributed by atoms with Gasteiger partial charge < -0.3 is 0 Å². The maximum atomic E-state index is 11.5. The van der Waals surface area contributed by atoms with E-state index in [1.807, 2.05) is 0 Å². The van der Waals surface area contributed by atoms with Gasteiger partial charge in [0.15, 0.2) is 0 Å². The molecule has 1 saturated heterocycles. The molecule has 1 aliphatic heterocycles. The topological polar surface area (TPSA) is 58.4 Å². The van der Waals surface area contributed by atoms with E-state index in [1.165, 1.54) is 6.42 Å². The first-order valence-electron chi connectivity index (χ1n) is 5.43. The van der Waals surface area contributed by atoms with Gasteiger partial charge in [0.05, 0.1) is 6.04 Å². The van der Waals surface area contributed by atoms with Crippen molar-refractivity contribution in [3.05, 3.63) is 0 Å². The van der Waals surface area contributed by atoms with E-state index in [0.29, 0.717) is 5.92 Å². The first-order chi connectivity index (χ1) is 6.69. The zero-order chi connectivity index (χ0) is 10.6. The third-order valence-corrected chi connectivity index (χ3v) is 2.90. The van der Waals surface area contributed by atoms with E-state index in [2.05, 4.69) is 24.2 Å². The molecule has 1 aliphatic rings. The SMILES string of the molecule is CCCC(C(=O)NN)N1CCC(C)C1. The number of hydrogen-bond acceptors (Lipinski definition) is 3. The van der Waals surface area contributed by atoms with Crippen LogP contribution in [0.3, 0.4) is 0 Å². The molecule has 4 heteroatoms. The molecule has 2 unspecified atom stereocenters. The summed E-state index contributed by atoms with van der Waals surface area (Å²) in [6, 6.07) is -0.0186. The Balaban J connectivity index is 2.53. The van der Waals surface area contributed by atoms with E-state index in [1.54, 1.807) is 0 Å². The molecule has 0 aliphatic carbocycles. The van der Waals surface area contributed by atoms with Gasteiger partial charge in [-0.3, -0.25) is 15.1 Å². The van der Waals surface area contributed by atoms with Crippen LogP contribution in [0, 0.1) is 5.92 Å². The number of carbonyl (C=O) groups excluding carboxylic acids is 1. The van der Waals surface area contributed by atoms with Crippen LogP contribution in [0.1, 0.15) is 33.1 Å². The van der Waals surface area contributed by atoms with Gasteiger partial charge in [0.25, 0.3) is 5.91 Å². The van der Waals surface area contributed by atoms with Gasteiger partial charge in [-0.2, -0.15) is 0 Å². The Morgan fingerprint density at radius 3 is 2.86 bits per heavy atom. The lowest BCUT2D eigenvalue weighted by atomic mass is 10.1. The molecule has 1 rings (SSSR count). The van der Waals surface area contributed by atoms with Gasteiger partial charge in [0.2, 0.25) is 0 Å². The van der Waals surface area contributed by atoms with Gasteiger partial charge in [-0.15, -0.1) is 0 Å². The smallest absolute Gasteiger partial charge is 0.251 e. The van der Waals surface area contributed by atoms with Crippen LogP contribution < -0.4 is 11.3 Å². The first kappa shape index (κ1) is 11.5. The molecular formula is C10H21N3O. The molecule has 0 radical (unpaired) electrons. The molecule has 0 aromatic carbocycles. The van der Waals surface area contributed by atoms with Gasteiger partial charge >= 0.3 is 0 Å². The molecule has 4 nitrogen and oxygen atoms in total. The minimum Gasteiger partial charge on any atom is -0.293 e. The quantitative estimate of drug-likeness (QED) is 0.393. The Bertz CT molecular complexity index is 196. The van der Waals surface area contributed by atoms with E-state index >= 15 is 0 Å². The maximum absolute atomic E-state index is 11.5. The predicted octanol–water partition coefficient (Wildman–Crippen LogP) is 0.487. The number of nitrogens with two attached hydrogens (primary N) is 1. The van der Waals surface area contributed by atoms with Gasteiger partial charge in [-0.25, -0.2) is 5.84 Å². The molecule has 0 aromatic heterocycles. The molecular weight excluding hydrogens is 178 g/mol. The molecule has 0 bridgehead atoms. The largest absolute Gasteiger partial charge is 0.293 e. The molecule has 0 spiro atoms. The number of nitrogens with zero attached hydrogens (tertiary/aromatic N) is 1. The number of nitrogens with one attached hydrogen (secondary N) is 1. The van der Waals surface area contributed by atoms with Crippen LogP contribution in [-0.4, -0.2) is 29.9 Å². The van der Waals surface area contributed by atoms with E-state index in [9.17, 15) is 4.79 Å². The average Bonchev–Trinajstić information content (AvgIpc) is 2.60. The van der Waals surface area contributed by atoms with Crippen molar-refractivity contribution >= 4 is 5.91 Å². The summed E-state index contributed by atoms with van der Waals surface area (Å²) in [6.45, 7) is 6.37. The van der Waals surface area contributed by atoms with Crippen molar-refractivity contribution in [2.75, 3.05) is 13.1 Å². The summed E-state index contributed by atoms with van der Waals surface area (Å²) < 4.78 is 0. The highest BCUT2D eigenvalue weighted by atomic mass is 16.2. The molecule has 1 amide bonds. The summed E-state index contributed by atoms with van der Waals surface area (Å²) in [6.07, 6.45) is 3.11. The summed E-state index contributed by atoms with van der Waals surface area (Å²) >= 11 is 0. The normalized spacial score (nSPS) is 24.9. The highest BCUT2D eigenvalue weighted by molar-refractivity contribution is 5.81. The summed E-state index contributed by atoms with van der Waals surface area (Å²) in [5.41, 5.74) is 2.26. The van der Waals surface area contributed by atoms with Crippen molar-refractivity contribution < 1.29 is 4.79 Å². The van der Waals surface area contributed by atoms with E-state index in [4.69, 9.17) is 5.84 Å². The monoisotopic (exact) mass is 199 g/mol. The Kier molecular flexibility index (Phi) is 4.35. The average molecular weight is 199 g/mol. The lowest BCUT2D eigenvalue weighted by Gasteiger charge is -2.25. The van der Waals surface area contributed by atoms with E-state index < -0.39 is 0 Å². The fourth-order valence-electron chi connectivity index (χ4n) is 2.10. The summed E-state index contributed by atoms with van der Waals surface area (Å²) in [5.74, 6) is 5.85. The zero-order valence-corrected chi connectivity index (χ0v) is 9.12. The number of amides is 1. The van der Waals surface area contributed by atoms with Crippen molar-refractivity contribution in [1.29, 1.82) is 0 Å². The predicted molar refractivity (Wildman–Crippen MR) is 56.4 cm³/mol. The second kappa shape index (κ2) is 5.32. The van der Waals surface area contributed by atoms with Crippen molar-refractivity contribution in [1.82, 2.24) is 10.3 Å². The van der Waals surface area contributed by atoms with Crippen LogP contribution in [0.15, 0.2) is 0 Å². The lowest BCUT2D eigenvalue weighted by Crippen LogP contribution is -2.48. The maximum Gasteiger partial charge on any atom is 0.251 e. The van der Waals surface area contributed by atoms with E-state index in [0.717, 1.165) is 25.9 Å². The minimum absolute atomic E-state index is 0.0186. The number of hydrazine groups is 1. The van der Waals surface area contributed by atoms with Crippen molar-refractivity contribution in [2.45, 2.75) is 39.2 Å². The molecule has 0 aromatic rings. The Labute approximate surface area is 85.8 Å². The standard InChI is InChI=1S/C10H21N3O/c1-3-4-9(10(14)12-11)13-6-5-8(2)7-13/h8-9H,3-7,11H2,1-2H3,(H,12,14). The van der Waals surface area contributed by atoms with Crippen LogP contribution in [0.2, 0.25) is 0 Å². The highest BCUT2D eigenvalue weighted by Crippen LogP contribution is 2.19. The van der Waals surface area contributed by atoms with Crippen LogP contribution in [0.25, 0.3) is 0 Å². The van der Waals surface area contributed by atoms with Gasteiger partial charge in [0.1, 0.15) is 0 Å². The number of likely N-dealkylation sites (tertiary alicyclic amines) is 1.